The number of carbonyl (C=O) groups excluding carboxylic acids is 1. The zero-order valence-corrected chi connectivity index (χ0v) is 19.6. The second-order valence-corrected chi connectivity index (χ2v) is 11.3. The lowest BCUT2D eigenvalue weighted by atomic mass is 10.0. The Bertz CT molecular complexity index is 1040. The van der Waals surface area contributed by atoms with Crippen LogP contribution in [0.25, 0.3) is 0 Å². The molecule has 1 amide bonds. The van der Waals surface area contributed by atoms with Gasteiger partial charge in [0.2, 0.25) is 0 Å². The monoisotopic (exact) mass is 444 g/mol. The molecular formula is C24H32N2O4S. The lowest BCUT2D eigenvalue weighted by Crippen LogP contribution is -2.49. The summed E-state index contributed by atoms with van der Waals surface area (Å²) in [6.45, 7) is 9.22. The van der Waals surface area contributed by atoms with Gasteiger partial charge >= 0.3 is 6.09 Å². The van der Waals surface area contributed by atoms with Crippen molar-refractivity contribution in [3.63, 3.8) is 0 Å². The van der Waals surface area contributed by atoms with Crippen molar-refractivity contribution in [3.8, 4) is 0 Å². The van der Waals surface area contributed by atoms with Crippen molar-refractivity contribution in [3.05, 3.63) is 65.2 Å². The van der Waals surface area contributed by atoms with Gasteiger partial charge < -0.3 is 15.8 Å². The van der Waals surface area contributed by atoms with Crippen LogP contribution in [-0.4, -0.2) is 37.4 Å². The van der Waals surface area contributed by atoms with Crippen molar-refractivity contribution in [1.29, 1.82) is 0 Å². The van der Waals surface area contributed by atoms with Crippen molar-refractivity contribution in [1.82, 2.24) is 5.32 Å². The normalized spacial score (nSPS) is 23.3. The average Bonchev–Trinajstić information content (AvgIpc) is 3.36. The summed E-state index contributed by atoms with van der Waals surface area (Å²) in [6.07, 6.45) is 0.212. The third kappa shape index (κ3) is 4.62. The fraction of sp³-hybridized carbons (Fsp3) is 0.458. The van der Waals surface area contributed by atoms with Gasteiger partial charge in [0.25, 0.3) is 0 Å². The molecule has 1 fully saturated rings. The second kappa shape index (κ2) is 8.28. The maximum absolute atomic E-state index is 13.6. The number of hydrogen-bond acceptors (Lipinski definition) is 5. The number of carbonyl (C=O) groups is 1. The molecule has 0 spiro atoms. The molecule has 0 unspecified atom stereocenters. The van der Waals surface area contributed by atoms with Gasteiger partial charge in [-0.15, -0.1) is 0 Å². The molecule has 1 aliphatic carbocycles. The van der Waals surface area contributed by atoms with E-state index in [-0.39, 0.29) is 11.4 Å². The predicted molar refractivity (Wildman–Crippen MR) is 122 cm³/mol. The summed E-state index contributed by atoms with van der Waals surface area (Å²) in [5.41, 5.74) is 7.23. The van der Waals surface area contributed by atoms with E-state index in [1.807, 2.05) is 31.2 Å². The van der Waals surface area contributed by atoms with Crippen molar-refractivity contribution >= 4 is 15.9 Å². The van der Waals surface area contributed by atoms with Crippen LogP contribution in [0.4, 0.5) is 4.79 Å². The van der Waals surface area contributed by atoms with Gasteiger partial charge in [-0.2, -0.15) is 0 Å². The van der Waals surface area contributed by atoms with Crippen LogP contribution in [0.2, 0.25) is 0 Å². The topological polar surface area (TPSA) is 98.5 Å². The summed E-state index contributed by atoms with van der Waals surface area (Å²) in [5.74, 6) is -0.470. The number of rotatable bonds is 6. The molecule has 0 saturated heterocycles. The zero-order chi connectivity index (χ0) is 23.0. The third-order valence-electron chi connectivity index (χ3n) is 5.76. The van der Waals surface area contributed by atoms with E-state index in [4.69, 9.17) is 10.5 Å². The number of aryl methyl sites for hydroxylation is 2. The Kier molecular flexibility index (Phi) is 6.22. The minimum atomic E-state index is -3.75. The van der Waals surface area contributed by atoms with Gasteiger partial charge in [-0.1, -0.05) is 48.9 Å². The zero-order valence-electron chi connectivity index (χ0n) is 18.8. The third-order valence-corrected chi connectivity index (χ3v) is 8.05. The Morgan fingerprint density at radius 2 is 1.68 bits per heavy atom. The quantitative estimate of drug-likeness (QED) is 0.708. The minimum absolute atomic E-state index is 0.0256. The largest absolute Gasteiger partial charge is 0.444 e. The maximum Gasteiger partial charge on any atom is 0.408 e. The summed E-state index contributed by atoms with van der Waals surface area (Å²) in [6, 6.07) is 14.6. The molecule has 3 N–H and O–H groups in total. The number of hydrogen-bond donors (Lipinski definition) is 2. The highest BCUT2D eigenvalue weighted by atomic mass is 32.2. The molecule has 168 valence electrons. The molecule has 7 heteroatoms. The van der Waals surface area contributed by atoms with Crippen molar-refractivity contribution in [2.45, 2.75) is 68.2 Å². The maximum atomic E-state index is 13.6. The number of ether oxygens (including phenoxy) is 1. The Morgan fingerprint density at radius 1 is 1.10 bits per heavy atom. The number of alkyl carbamates (subject to hydrolysis) is 1. The van der Waals surface area contributed by atoms with Crippen molar-refractivity contribution in [2.75, 3.05) is 6.54 Å². The van der Waals surface area contributed by atoms with Gasteiger partial charge in [0, 0.05) is 12.5 Å². The summed E-state index contributed by atoms with van der Waals surface area (Å²) in [5, 5.41) is 1.94. The van der Waals surface area contributed by atoms with Gasteiger partial charge in [-0.3, -0.25) is 0 Å². The summed E-state index contributed by atoms with van der Waals surface area (Å²) in [4.78, 5) is 12.8. The van der Waals surface area contributed by atoms with E-state index in [1.165, 1.54) is 0 Å². The lowest BCUT2D eigenvalue weighted by molar-refractivity contribution is 0.0497. The van der Waals surface area contributed by atoms with Crippen LogP contribution in [-0.2, 0) is 21.0 Å². The SMILES string of the molecule is CCc1ccc([C@@H]2[C@H](S(=O)(=O)c3ccc(C)cc3)[C@]2(CN)NC(=O)OC(C)(C)C)cc1. The first-order chi connectivity index (χ1) is 14.4. The first-order valence-electron chi connectivity index (χ1n) is 10.6. The number of sulfone groups is 1. The number of nitrogens with one attached hydrogen (secondary N) is 1. The van der Waals surface area contributed by atoms with E-state index in [0.717, 1.165) is 23.1 Å². The van der Waals surface area contributed by atoms with Crippen LogP contribution in [0, 0.1) is 6.92 Å². The van der Waals surface area contributed by atoms with E-state index in [9.17, 15) is 13.2 Å². The van der Waals surface area contributed by atoms with Crippen LogP contribution in [0.5, 0.6) is 0 Å². The minimum Gasteiger partial charge on any atom is -0.444 e. The van der Waals surface area contributed by atoms with E-state index in [2.05, 4.69) is 12.2 Å². The molecule has 0 heterocycles. The molecule has 1 aliphatic rings. The molecule has 3 rings (SSSR count). The highest BCUT2D eigenvalue weighted by molar-refractivity contribution is 7.92. The van der Waals surface area contributed by atoms with E-state index in [1.54, 1.807) is 45.0 Å². The fourth-order valence-electron chi connectivity index (χ4n) is 4.10. The van der Waals surface area contributed by atoms with E-state index in [0.29, 0.717) is 0 Å². The average molecular weight is 445 g/mol. The van der Waals surface area contributed by atoms with Gasteiger partial charge in [0.15, 0.2) is 9.84 Å². The summed E-state index contributed by atoms with van der Waals surface area (Å²) in [7, 11) is -3.75. The summed E-state index contributed by atoms with van der Waals surface area (Å²) < 4.78 is 32.6. The molecule has 31 heavy (non-hydrogen) atoms. The first kappa shape index (κ1) is 23.3. The standard InChI is InChI=1S/C24H32N2O4S/c1-6-17-9-11-18(12-10-17)20-21(31(28,29)19-13-7-16(2)8-14-19)24(20,15-25)26-22(27)30-23(3,4)5/h7-14,20-21H,6,15,25H2,1-5H3,(H,26,27)/t20-,21+,24-/m1/s1. The van der Waals surface area contributed by atoms with Crippen LogP contribution in [0.15, 0.2) is 53.4 Å². The predicted octanol–water partition coefficient (Wildman–Crippen LogP) is 3.72. The number of nitrogens with two attached hydrogens (primary N) is 1. The molecule has 0 radical (unpaired) electrons. The van der Waals surface area contributed by atoms with Crippen molar-refractivity contribution in [2.24, 2.45) is 5.73 Å². The molecule has 1 saturated carbocycles. The second-order valence-electron chi connectivity index (χ2n) is 9.22. The van der Waals surface area contributed by atoms with Crippen LogP contribution >= 0.6 is 0 Å². The van der Waals surface area contributed by atoms with Crippen molar-refractivity contribution < 1.29 is 17.9 Å². The molecule has 6 nitrogen and oxygen atoms in total. The molecule has 2 aromatic rings. The van der Waals surface area contributed by atoms with Crippen LogP contribution in [0.1, 0.15) is 50.3 Å². The Balaban J connectivity index is 2.03. The van der Waals surface area contributed by atoms with Gasteiger partial charge in [0.1, 0.15) is 10.9 Å². The number of amides is 1. The Labute approximate surface area is 185 Å². The summed E-state index contributed by atoms with van der Waals surface area (Å²) >= 11 is 0. The van der Waals surface area contributed by atoms with Gasteiger partial charge in [0.05, 0.1) is 10.4 Å². The molecular weight excluding hydrogens is 412 g/mol. The van der Waals surface area contributed by atoms with Crippen LogP contribution in [0.3, 0.4) is 0 Å². The lowest BCUT2D eigenvalue weighted by Gasteiger charge is -2.24. The first-order valence-corrected chi connectivity index (χ1v) is 12.1. The Morgan fingerprint density at radius 3 is 2.16 bits per heavy atom. The van der Waals surface area contributed by atoms with Crippen LogP contribution < -0.4 is 11.1 Å². The van der Waals surface area contributed by atoms with Gasteiger partial charge in [-0.25, -0.2) is 13.2 Å². The molecule has 0 aromatic heterocycles. The van der Waals surface area contributed by atoms with E-state index < -0.39 is 38.2 Å². The fourth-order valence-corrected chi connectivity index (χ4v) is 6.45. The molecule has 3 atom stereocenters. The highest BCUT2D eigenvalue weighted by Gasteiger charge is 2.71. The number of benzene rings is 2. The smallest absolute Gasteiger partial charge is 0.408 e. The molecule has 0 bridgehead atoms. The molecule has 0 aliphatic heterocycles. The highest BCUT2D eigenvalue weighted by Crippen LogP contribution is 2.57. The van der Waals surface area contributed by atoms with E-state index >= 15 is 0 Å². The van der Waals surface area contributed by atoms with Gasteiger partial charge in [-0.05, 0) is 57.4 Å². The Hall–Kier alpha value is -2.38. The molecule has 2 aromatic carbocycles.